The van der Waals surface area contributed by atoms with Crippen molar-refractivity contribution in [1.29, 1.82) is 0 Å². The molecule has 96 valence electrons. The van der Waals surface area contributed by atoms with Gasteiger partial charge in [0.2, 0.25) is 0 Å². The third-order valence-electron chi connectivity index (χ3n) is 2.92. The zero-order valence-electron chi connectivity index (χ0n) is 10.5. The summed E-state index contributed by atoms with van der Waals surface area (Å²) in [7, 11) is 0. The first-order valence-corrected chi connectivity index (χ1v) is 5.93. The van der Waals surface area contributed by atoms with Crippen LogP contribution in [0.4, 0.5) is 15.8 Å². The first kappa shape index (κ1) is 12.4. The monoisotopic (exact) mass is 248 g/mol. The number of anilines is 2. The summed E-state index contributed by atoms with van der Waals surface area (Å²) in [4.78, 5) is 7.29. The number of benzene rings is 1. The van der Waals surface area contributed by atoms with Crippen LogP contribution in [-0.2, 0) is 0 Å². The predicted octanol–water partition coefficient (Wildman–Crippen LogP) is 3.00. The molecular weight excluding hydrogens is 231 g/mol. The van der Waals surface area contributed by atoms with E-state index in [9.17, 15) is 4.39 Å². The minimum Gasteiger partial charge on any atom is -0.397 e. The van der Waals surface area contributed by atoms with Crippen LogP contribution in [0.1, 0.15) is 30.8 Å². The van der Waals surface area contributed by atoms with Crippen LogP contribution in [0.5, 0.6) is 0 Å². The Hall–Kier alpha value is -2.04. The summed E-state index contributed by atoms with van der Waals surface area (Å²) in [6.45, 7) is 3.76. The summed E-state index contributed by atoms with van der Waals surface area (Å²) in [6.07, 6.45) is 4.33. The van der Waals surface area contributed by atoms with E-state index < -0.39 is 0 Å². The third kappa shape index (κ3) is 2.45. The summed E-state index contributed by atoms with van der Waals surface area (Å²) in [5.41, 5.74) is 7.52. The smallest absolute Gasteiger partial charge is 0.128 e. The largest absolute Gasteiger partial charge is 0.397 e. The topological polar surface area (TPSA) is 66.7 Å². The molecule has 2 aromatic rings. The van der Waals surface area contributed by atoms with Crippen LogP contribution in [-0.4, -0.2) is 9.97 Å². The molecule has 0 aliphatic carbocycles. The molecule has 0 spiro atoms. The van der Waals surface area contributed by atoms with E-state index >= 15 is 0 Å². The molecule has 2 rings (SSSR count). The molecule has 0 saturated heterocycles. The SMILES string of the molecule is CCC(Nc1cc(C)c(F)cc1N)c1ncc[nH]1. The van der Waals surface area contributed by atoms with E-state index in [2.05, 4.69) is 15.3 Å². The van der Waals surface area contributed by atoms with Gasteiger partial charge in [-0.15, -0.1) is 0 Å². The van der Waals surface area contributed by atoms with E-state index in [1.54, 1.807) is 25.4 Å². The van der Waals surface area contributed by atoms with Crippen LogP contribution in [0.2, 0.25) is 0 Å². The van der Waals surface area contributed by atoms with Crippen molar-refractivity contribution >= 4 is 11.4 Å². The molecule has 0 bridgehead atoms. The molecule has 5 heteroatoms. The zero-order valence-corrected chi connectivity index (χ0v) is 10.5. The van der Waals surface area contributed by atoms with Crippen molar-refractivity contribution in [2.45, 2.75) is 26.3 Å². The van der Waals surface area contributed by atoms with E-state index in [1.165, 1.54) is 6.07 Å². The van der Waals surface area contributed by atoms with Gasteiger partial charge in [-0.1, -0.05) is 6.92 Å². The number of aromatic amines is 1. The highest BCUT2D eigenvalue weighted by Crippen LogP contribution is 2.27. The maximum absolute atomic E-state index is 13.3. The Morgan fingerprint density at radius 3 is 2.89 bits per heavy atom. The first-order chi connectivity index (χ1) is 8.61. The molecule has 1 atom stereocenters. The van der Waals surface area contributed by atoms with Crippen LogP contribution in [0, 0.1) is 12.7 Å². The van der Waals surface area contributed by atoms with Gasteiger partial charge in [-0.2, -0.15) is 0 Å². The molecule has 0 radical (unpaired) electrons. The summed E-state index contributed by atoms with van der Waals surface area (Å²) < 4.78 is 13.3. The number of hydrogen-bond donors (Lipinski definition) is 3. The molecular formula is C13H17FN4. The number of nitrogens with zero attached hydrogens (tertiary/aromatic N) is 1. The Morgan fingerprint density at radius 1 is 1.50 bits per heavy atom. The summed E-state index contributed by atoms with van der Waals surface area (Å²) in [6, 6.07) is 3.09. The van der Waals surface area contributed by atoms with Crippen molar-refractivity contribution in [2.24, 2.45) is 0 Å². The second kappa shape index (κ2) is 5.08. The number of rotatable bonds is 4. The summed E-state index contributed by atoms with van der Waals surface area (Å²) in [5, 5.41) is 3.28. The van der Waals surface area contributed by atoms with Crippen molar-refractivity contribution in [3.05, 3.63) is 41.7 Å². The van der Waals surface area contributed by atoms with Crippen LogP contribution in [0.25, 0.3) is 0 Å². The predicted molar refractivity (Wildman–Crippen MR) is 70.8 cm³/mol. The Labute approximate surface area is 105 Å². The van der Waals surface area contributed by atoms with Gasteiger partial charge < -0.3 is 16.0 Å². The number of nitrogens with one attached hydrogen (secondary N) is 2. The van der Waals surface area contributed by atoms with Gasteiger partial charge in [0.15, 0.2) is 0 Å². The minimum absolute atomic E-state index is 0.0344. The van der Waals surface area contributed by atoms with Crippen LogP contribution < -0.4 is 11.1 Å². The molecule has 0 aliphatic rings. The molecule has 0 amide bonds. The van der Waals surface area contributed by atoms with E-state index in [0.29, 0.717) is 11.3 Å². The number of nitrogens with two attached hydrogens (primary N) is 1. The second-order valence-electron chi connectivity index (χ2n) is 4.27. The fraction of sp³-hybridized carbons (Fsp3) is 0.308. The second-order valence-corrected chi connectivity index (χ2v) is 4.27. The standard InChI is InChI=1S/C13H17FN4/c1-3-11(13-16-4-5-17-13)18-12-6-8(2)9(14)7-10(12)15/h4-7,11,18H,3,15H2,1-2H3,(H,16,17). The summed E-state index contributed by atoms with van der Waals surface area (Å²) in [5.74, 6) is 0.558. The van der Waals surface area contributed by atoms with E-state index in [1.807, 2.05) is 6.92 Å². The quantitative estimate of drug-likeness (QED) is 0.729. The maximum atomic E-state index is 13.3. The van der Waals surface area contributed by atoms with Crippen LogP contribution >= 0.6 is 0 Å². The van der Waals surface area contributed by atoms with Crippen LogP contribution in [0.15, 0.2) is 24.5 Å². The molecule has 18 heavy (non-hydrogen) atoms. The first-order valence-electron chi connectivity index (χ1n) is 5.93. The molecule has 1 aromatic heterocycles. The number of H-pyrrole nitrogens is 1. The Morgan fingerprint density at radius 2 is 2.28 bits per heavy atom. The molecule has 0 fully saturated rings. The van der Waals surface area contributed by atoms with Gasteiger partial charge in [0.25, 0.3) is 0 Å². The van der Waals surface area contributed by atoms with Gasteiger partial charge in [0, 0.05) is 12.4 Å². The molecule has 1 heterocycles. The lowest BCUT2D eigenvalue weighted by Gasteiger charge is -2.18. The van der Waals surface area contributed by atoms with E-state index in [0.717, 1.165) is 17.9 Å². The normalized spacial score (nSPS) is 12.4. The van der Waals surface area contributed by atoms with Crippen molar-refractivity contribution in [3.8, 4) is 0 Å². The molecule has 4 nitrogen and oxygen atoms in total. The van der Waals surface area contributed by atoms with Gasteiger partial charge in [-0.25, -0.2) is 9.37 Å². The number of hydrogen-bond acceptors (Lipinski definition) is 3. The number of aromatic nitrogens is 2. The number of aryl methyl sites for hydroxylation is 1. The van der Waals surface area contributed by atoms with Gasteiger partial charge >= 0.3 is 0 Å². The van der Waals surface area contributed by atoms with E-state index in [-0.39, 0.29) is 11.9 Å². The third-order valence-corrected chi connectivity index (χ3v) is 2.92. The molecule has 0 saturated carbocycles. The van der Waals surface area contributed by atoms with Crippen molar-refractivity contribution < 1.29 is 4.39 Å². The highest BCUT2D eigenvalue weighted by atomic mass is 19.1. The van der Waals surface area contributed by atoms with Crippen molar-refractivity contribution in [2.75, 3.05) is 11.1 Å². The average Bonchev–Trinajstić information content (AvgIpc) is 2.85. The highest BCUT2D eigenvalue weighted by Gasteiger charge is 2.13. The Bertz CT molecular complexity index is 522. The van der Waals surface area contributed by atoms with Crippen LogP contribution in [0.3, 0.4) is 0 Å². The molecule has 4 N–H and O–H groups in total. The highest BCUT2D eigenvalue weighted by molar-refractivity contribution is 5.67. The lowest BCUT2D eigenvalue weighted by molar-refractivity contribution is 0.619. The molecule has 0 aliphatic heterocycles. The zero-order chi connectivity index (χ0) is 13.1. The number of halogens is 1. The summed E-state index contributed by atoms with van der Waals surface area (Å²) >= 11 is 0. The number of imidazole rings is 1. The fourth-order valence-corrected chi connectivity index (χ4v) is 1.84. The van der Waals surface area contributed by atoms with Crippen molar-refractivity contribution in [3.63, 3.8) is 0 Å². The van der Waals surface area contributed by atoms with E-state index in [4.69, 9.17) is 5.73 Å². The average molecular weight is 248 g/mol. The Kier molecular flexibility index (Phi) is 3.50. The van der Waals surface area contributed by atoms with Gasteiger partial charge in [0.1, 0.15) is 11.6 Å². The fourth-order valence-electron chi connectivity index (χ4n) is 1.84. The molecule has 1 aromatic carbocycles. The van der Waals surface area contributed by atoms with Gasteiger partial charge in [-0.3, -0.25) is 0 Å². The lowest BCUT2D eigenvalue weighted by Crippen LogP contribution is -2.13. The van der Waals surface area contributed by atoms with Gasteiger partial charge in [0.05, 0.1) is 17.4 Å². The molecule has 1 unspecified atom stereocenters. The van der Waals surface area contributed by atoms with Crippen molar-refractivity contribution in [1.82, 2.24) is 9.97 Å². The lowest BCUT2D eigenvalue weighted by atomic mass is 10.1. The minimum atomic E-state index is -0.288. The van der Waals surface area contributed by atoms with Gasteiger partial charge in [-0.05, 0) is 31.0 Å². The Balaban J connectivity index is 2.25. The number of nitrogen functional groups attached to an aromatic ring is 1. The maximum Gasteiger partial charge on any atom is 0.128 e.